The minimum absolute atomic E-state index is 0.587. The molecule has 0 aromatic carbocycles. The highest BCUT2D eigenvalue weighted by Crippen LogP contribution is 2.18. The highest BCUT2D eigenvalue weighted by molar-refractivity contribution is 7.07. The molecular formula is C12H21N3S. The molecule has 1 aliphatic heterocycles. The van der Waals surface area contributed by atoms with Crippen LogP contribution in [0.25, 0.3) is 0 Å². The predicted octanol–water partition coefficient (Wildman–Crippen LogP) is 1.96. The normalized spacial score (nSPS) is 24.5. The molecule has 4 heteroatoms. The van der Waals surface area contributed by atoms with Crippen molar-refractivity contribution in [2.45, 2.75) is 32.4 Å². The van der Waals surface area contributed by atoms with Crippen LogP contribution in [0.4, 0.5) is 0 Å². The van der Waals surface area contributed by atoms with Gasteiger partial charge in [-0.1, -0.05) is 0 Å². The quantitative estimate of drug-likeness (QED) is 0.870. The van der Waals surface area contributed by atoms with Crippen molar-refractivity contribution >= 4 is 11.3 Å². The summed E-state index contributed by atoms with van der Waals surface area (Å²) in [5, 5.41) is 5.71. The standard InChI is InChI=1S/C12H21N3S/c1-10(11-4-3-5-15(2)7-11)13-6-12-8-16-9-14-12/h8-11,13H,3-7H2,1-2H3. The first kappa shape index (κ1) is 12.0. The molecule has 1 saturated heterocycles. The number of rotatable bonds is 4. The minimum Gasteiger partial charge on any atom is -0.308 e. The Morgan fingerprint density at radius 2 is 2.56 bits per heavy atom. The van der Waals surface area contributed by atoms with Crippen LogP contribution in [0, 0.1) is 5.92 Å². The third kappa shape index (κ3) is 3.27. The summed E-state index contributed by atoms with van der Waals surface area (Å²) in [7, 11) is 2.22. The van der Waals surface area contributed by atoms with Crippen molar-refractivity contribution in [3.63, 3.8) is 0 Å². The lowest BCUT2D eigenvalue weighted by Crippen LogP contribution is -2.42. The topological polar surface area (TPSA) is 28.2 Å². The van der Waals surface area contributed by atoms with Crippen LogP contribution >= 0.6 is 11.3 Å². The lowest BCUT2D eigenvalue weighted by Gasteiger charge is -2.33. The Balaban J connectivity index is 1.76. The summed E-state index contributed by atoms with van der Waals surface area (Å²) in [4.78, 5) is 6.73. The molecule has 1 aromatic rings. The van der Waals surface area contributed by atoms with Crippen molar-refractivity contribution in [3.8, 4) is 0 Å². The first-order chi connectivity index (χ1) is 7.75. The van der Waals surface area contributed by atoms with Gasteiger partial charge < -0.3 is 10.2 Å². The molecule has 0 saturated carbocycles. The number of nitrogens with zero attached hydrogens (tertiary/aromatic N) is 2. The van der Waals surface area contributed by atoms with E-state index in [4.69, 9.17) is 0 Å². The first-order valence-electron chi connectivity index (χ1n) is 6.04. The number of hydrogen-bond donors (Lipinski definition) is 1. The number of likely N-dealkylation sites (tertiary alicyclic amines) is 1. The predicted molar refractivity (Wildman–Crippen MR) is 68.6 cm³/mol. The van der Waals surface area contributed by atoms with Crippen LogP contribution in [0.5, 0.6) is 0 Å². The van der Waals surface area contributed by atoms with E-state index >= 15 is 0 Å². The van der Waals surface area contributed by atoms with Gasteiger partial charge in [-0.05, 0) is 39.3 Å². The molecule has 3 nitrogen and oxygen atoms in total. The van der Waals surface area contributed by atoms with E-state index in [1.165, 1.54) is 31.6 Å². The van der Waals surface area contributed by atoms with E-state index in [1.807, 2.05) is 5.51 Å². The van der Waals surface area contributed by atoms with Gasteiger partial charge in [0.25, 0.3) is 0 Å². The number of nitrogens with one attached hydrogen (secondary N) is 1. The molecule has 0 bridgehead atoms. The molecule has 0 spiro atoms. The van der Waals surface area contributed by atoms with E-state index in [9.17, 15) is 0 Å². The lowest BCUT2D eigenvalue weighted by atomic mass is 9.92. The zero-order valence-electron chi connectivity index (χ0n) is 10.1. The Morgan fingerprint density at radius 1 is 1.69 bits per heavy atom. The summed E-state index contributed by atoms with van der Waals surface area (Å²) in [5.74, 6) is 0.789. The van der Waals surface area contributed by atoms with E-state index < -0.39 is 0 Å². The molecule has 2 atom stereocenters. The molecular weight excluding hydrogens is 218 g/mol. The molecule has 2 heterocycles. The summed E-state index contributed by atoms with van der Waals surface area (Å²) in [6, 6.07) is 0.587. The third-order valence-electron chi connectivity index (χ3n) is 3.46. The molecule has 0 aliphatic carbocycles. The van der Waals surface area contributed by atoms with Crippen molar-refractivity contribution in [1.82, 2.24) is 15.2 Å². The first-order valence-corrected chi connectivity index (χ1v) is 6.99. The second-order valence-corrected chi connectivity index (χ2v) is 5.53. The summed E-state index contributed by atoms with van der Waals surface area (Å²) in [5.41, 5.74) is 3.07. The molecule has 90 valence electrons. The maximum Gasteiger partial charge on any atom is 0.0795 e. The van der Waals surface area contributed by atoms with Gasteiger partial charge in [-0.25, -0.2) is 4.98 Å². The van der Waals surface area contributed by atoms with Crippen LogP contribution in [-0.4, -0.2) is 36.1 Å². The molecule has 16 heavy (non-hydrogen) atoms. The molecule has 0 amide bonds. The summed E-state index contributed by atoms with van der Waals surface area (Å²) in [6.07, 6.45) is 2.69. The van der Waals surface area contributed by atoms with Gasteiger partial charge in [0, 0.05) is 24.5 Å². The minimum atomic E-state index is 0.587. The zero-order valence-corrected chi connectivity index (χ0v) is 11.0. The smallest absolute Gasteiger partial charge is 0.0795 e. The Hall–Kier alpha value is -0.450. The summed E-state index contributed by atoms with van der Waals surface area (Å²) in [6.45, 7) is 5.70. The Labute approximate surface area is 102 Å². The van der Waals surface area contributed by atoms with Gasteiger partial charge in [-0.2, -0.15) is 0 Å². The van der Waals surface area contributed by atoms with Crippen molar-refractivity contribution in [2.75, 3.05) is 20.1 Å². The average molecular weight is 239 g/mol. The second kappa shape index (κ2) is 5.75. The van der Waals surface area contributed by atoms with Crippen molar-refractivity contribution < 1.29 is 0 Å². The Morgan fingerprint density at radius 3 is 3.25 bits per heavy atom. The van der Waals surface area contributed by atoms with Crippen LogP contribution < -0.4 is 5.32 Å². The molecule has 1 fully saturated rings. The fraction of sp³-hybridized carbons (Fsp3) is 0.750. The maximum absolute atomic E-state index is 4.29. The third-order valence-corrected chi connectivity index (χ3v) is 4.09. The van der Waals surface area contributed by atoms with Crippen LogP contribution in [-0.2, 0) is 6.54 Å². The fourth-order valence-corrected chi connectivity index (χ4v) is 2.93. The van der Waals surface area contributed by atoms with E-state index in [0.29, 0.717) is 6.04 Å². The molecule has 2 rings (SSSR count). The Kier molecular flexibility index (Phi) is 4.32. The second-order valence-electron chi connectivity index (χ2n) is 4.81. The number of hydrogen-bond acceptors (Lipinski definition) is 4. The maximum atomic E-state index is 4.29. The zero-order chi connectivity index (χ0) is 11.4. The molecule has 1 N–H and O–H groups in total. The van der Waals surface area contributed by atoms with Gasteiger partial charge in [-0.15, -0.1) is 11.3 Å². The van der Waals surface area contributed by atoms with E-state index in [2.05, 4.69) is 34.6 Å². The largest absolute Gasteiger partial charge is 0.308 e. The summed E-state index contributed by atoms with van der Waals surface area (Å²) < 4.78 is 0. The van der Waals surface area contributed by atoms with Gasteiger partial charge in [-0.3, -0.25) is 0 Å². The van der Waals surface area contributed by atoms with Gasteiger partial charge >= 0.3 is 0 Å². The molecule has 2 unspecified atom stereocenters. The average Bonchev–Trinajstić information content (AvgIpc) is 2.78. The SMILES string of the molecule is CC(NCc1cscn1)C1CCCN(C)C1. The molecule has 1 aromatic heterocycles. The fourth-order valence-electron chi connectivity index (χ4n) is 2.37. The van der Waals surface area contributed by atoms with E-state index in [-0.39, 0.29) is 0 Å². The lowest BCUT2D eigenvalue weighted by molar-refractivity contribution is 0.178. The number of thiazole rings is 1. The molecule has 0 radical (unpaired) electrons. The van der Waals surface area contributed by atoms with E-state index in [0.717, 1.165) is 12.5 Å². The van der Waals surface area contributed by atoms with Gasteiger partial charge in [0.2, 0.25) is 0 Å². The van der Waals surface area contributed by atoms with Crippen LogP contribution in [0.3, 0.4) is 0 Å². The monoisotopic (exact) mass is 239 g/mol. The Bertz CT molecular complexity index is 299. The van der Waals surface area contributed by atoms with Crippen molar-refractivity contribution in [3.05, 3.63) is 16.6 Å². The van der Waals surface area contributed by atoms with Crippen LogP contribution in [0.15, 0.2) is 10.9 Å². The van der Waals surface area contributed by atoms with Crippen molar-refractivity contribution in [1.29, 1.82) is 0 Å². The number of piperidine rings is 1. The van der Waals surface area contributed by atoms with Gasteiger partial charge in [0.15, 0.2) is 0 Å². The summed E-state index contributed by atoms with van der Waals surface area (Å²) >= 11 is 1.67. The van der Waals surface area contributed by atoms with Crippen molar-refractivity contribution in [2.24, 2.45) is 5.92 Å². The van der Waals surface area contributed by atoms with Gasteiger partial charge in [0.05, 0.1) is 11.2 Å². The highest BCUT2D eigenvalue weighted by atomic mass is 32.1. The van der Waals surface area contributed by atoms with Gasteiger partial charge in [0.1, 0.15) is 0 Å². The van der Waals surface area contributed by atoms with Crippen LogP contribution in [0.1, 0.15) is 25.5 Å². The highest BCUT2D eigenvalue weighted by Gasteiger charge is 2.22. The van der Waals surface area contributed by atoms with E-state index in [1.54, 1.807) is 11.3 Å². The number of aromatic nitrogens is 1. The molecule has 1 aliphatic rings. The van der Waals surface area contributed by atoms with Crippen LogP contribution in [0.2, 0.25) is 0 Å².